The second-order valence-electron chi connectivity index (χ2n) is 4.84. The van der Waals surface area contributed by atoms with Gasteiger partial charge in [-0.15, -0.1) is 10.2 Å². The van der Waals surface area contributed by atoms with Crippen molar-refractivity contribution in [1.82, 2.24) is 14.8 Å². The quantitative estimate of drug-likeness (QED) is 0.648. The van der Waals surface area contributed by atoms with E-state index in [1.807, 2.05) is 23.6 Å². The van der Waals surface area contributed by atoms with Crippen LogP contribution in [-0.2, 0) is 6.54 Å². The van der Waals surface area contributed by atoms with Crippen molar-refractivity contribution >= 4 is 11.8 Å². The molecule has 0 radical (unpaired) electrons. The highest BCUT2D eigenvalue weighted by Crippen LogP contribution is 2.35. The first-order chi connectivity index (χ1) is 10.7. The number of furan rings is 1. The molecule has 0 amide bonds. The van der Waals surface area contributed by atoms with E-state index in [-0.39, 0.29) is 11.1 Å². The van der Waals surface area contributed by atoms with Gasteiger partial charge in [-0.2, -0.15) is 0 Å². The van der Waals surface area contributed by atoms with Crippen molar-refractivity contribution in [2.75, 3.05) is 0 Å². The van der Waals surface area contributed by atoms with Gasteiger partial charge in [0, 0.05) is 11.8 Å². The van der Waals surface area contributed by atoms with E-state index in [1.54, 1.807) is 30.2 Å². The van der Waals surface area contributed by atoms with Crippen LogP contribution >= 0.6 is 11.8 Å². The number of rotatable bonds is 5. The number of hydrogen-bond donors (Lipinski definition) is 0. The molecular weight excluding hydrogens is 301 g/mol. The molecule has 0 spiro atoms. The molecule has 1 aromatic carbocycles. The molecule has 0 aliphatic rings. The lowest BCUT2D eigenvalue weighted by Crippen LogP contribution is -2.00. The fourth-order valence-corrected chi connectivity index (χ4v) is 3.25. The Morgan fingerprint density at radius 3 is 2.64 bits per heavy atom. The third kappa shape index (κ3) is 2.92. The Labute approximate surface area is 132 Å². The monoisotopic (exact) mass is 317 g/mol. The standard InChI is InChI=1S/C16H16FN3OS/c1-3-20-15(14-5-4-10-21-14)18-19-16(20)22-11(2)12-6-8-13(17)9-7-12/h4-11H,3H2,1-2H3. The van der Waals surface area contributed by atoms with Gasteiger partial charge < -0.3 is 4.42 Å². The molecule has 3 rings (SSSR count). The Balaban J connectivity index is 1.85. The summed E-state index contributed by atoms with van der Waals surface area (Å²) in [6, 6.07) is 10.3. The third-order valence-corrected chi connectivity index (χ3v) is 4.53. The average Bonchev–Trinajstić information content (AvgIpc) is 3.16. The molecule has 0 aliphatic carbocycles. The average molecular weight is 317 g/mol. The van der Waals surface area contributed by atoms with E-state index in [9.17, 15) is 4.39 Å². The summed E-state index contributed by atoms with van der Waals surface area (Å²) in [7, 11) is 0. The zero-order valence-corrected chi connectivity index (χ0v) is 13.2. The van der Waals surface area contributed by atoms with Crippen molar-refractivity contribution in [2.24, 2.45) is 0 Å². The fraction of sp³-hybridized carbons (Fsp3) is 0.250. The molecular formula is C16H16FN3OS. The van der Waals surface area contributed by atoms with Crippen molar-refractivity contribution in [3.63, 3.8) is 0 Å². The van der Waals surface area contributed by atoms with Gasteiger partial charge in [-0.25, -0.2) is 4.39 Å². The molecule has 6 heteroatoms. The number of hydrogen-bond acceptors (Lipinski definition) is 4. The summed E-state index contributed by atoms with van der Waals surface area (Å²) in [4.78, 5) is 0. The van der Waals surface area contributed by atoms with E-state index in [2.05, 4.69) is 17.1 Å². The van der Waals surface area contributed by atoms with Gasteiger partial charge in [0.05, 0.1) is 6.26 Å². The van der Waals surface area contributed by atoms with Crippen LogP contribution in [0.25, 0.3) is 11.6 Å². The summed E-state index contributed by atoms with van der Waals surface area (Å²) in [5, 5.41) is 9.47. The zero-order chi connectivity index (χ0) is 15.5. The number of benzene rings is 1. The van der Waals surface area contributed by atoms with Crippen LogP contribution in [0.15, 0.2) is 52.2 Å². The van der Waals surface area contributed by atoms with Crippen molar-refractivity contribution in [3.8, 4) is 11.6 Å². The van der Waals surface area contributed by atoms with Crippen LogP contribution < -0.4 is 0 Å². The maximum atomic E-state index is 13.0. The molecule has 22 heavy (non-hydrogen) atoms. The first-order valence-electron chi connectivity index (χ1n) is 7.08. The summed E-state index contributed by atoms with van der Waals surface area (Å²) >= 11 is 1.60. The Bertz CT molecular complexity index is 737. The predicted octanol–water partition coefficient (Wildman–Crippen LogP) is 4.55. The molecule has 0 aliphatic heterocycles. The van der Waals surface area contributed by atoms with Crippen LogP contribution in [0.2, 0.25) is 0 Å². The lowest BCUT2D eigenvalue weighted by Gasteiger charge is -2.12. The number of aromatic nitrogens is 3. The van der Waals surface area contributed by atoms with Gasteiger partial charge in [-0.3, -0.25) is 4.57 Å². The zero-order valence-electron chi connectivity index (χ0n) is 12.4. The van der Waals surface area contributed by atoms with Gasteiger partial charge in [0.2, 0.25) is 0 Å². The molecule has 1 unspecified atom stereocenters. The Kier molecular flexibility index (Phi) is 4.29. The molecule has 1 atom stereocenters. The van der Waals surface area contributed by atoms with Crippen LogP contribution in [-0.4, -0.2) is 14.8 Å². The first kappa shape index (κ1) is 14.8. The molecule has 4 nitrogen and oxygen atoms in total. The summed E-state index contributed by atoms with van der Waals surface area (Å²) in [5.74, 6) is 1.20. The smallest absolute Gasteiger partial charge is 0.200 e. The number of thioether (sulfide) groups is 1. The molecule has 2 aromatic heterocycles. The molecule has 0 N–H and O–H groups in total. The highest BCUT2D eigenvalue weighted by molar-refractivity contribution is 7.99. The molecule has 0 fully saturated rings. The van der Waals surface area contributed by atoms with E-state index in [1.165, 1.54) is 12.1 Å². The van der Waals surface area contributed by atoms with E-state index in [4.69, 9.17) is 4.42 Å². The van der Waals surface area contributed by atoms with Gasteiger partial charge in [-0.05, 0) is 43.7 Å². The van der Waals surface area contributed by atoms with Gasteiger partial charge in [0.1, 0.15) is 5.82 Å². The molecule has 3 aromatic rings. The topological polar surface area (TPSA) is 43.9 Å². The van der Waals surface area contributed by atoms with Crippen molar-refractivity contribution in [1.29, 1.82) is 0 Å². The third-order valence-electron chi connectivity index (χ3n) is 3.40. The van der Waals surface area contributed by atoms with Crippen molar-refractivity contribution < 1.29 is 8.81 Å². The maximum absolute atomic E-state index is 13.0. The molecule has 0 bridgehead atoms. The van der Waals surface area contributed by atoms with Crippen LogP contribution in [0.1, 0.15) is 24.7 Å². The second-order valence-corrected chi connectivity index (χ2v) is 6.15. The summed E-state index contributed by atoms with van der Waals surface area (Å²) in [5.41, 5.74) is 1.05. The van der Waals surface area contributed by atoms with Gasteiger partial charge in [0.15, 0.2) is 16.7 Å². The SMILES string of the molecule is CCn1c(SC(C)c2ccc(F)cc2)nnc1-c1ccco1. The Morgan fingerprint density at radius 1 is 1.23 bits per heavy atom. The summed E-state index contributed by atoms with van der Waals surface area (Å²) in [6.45, 7) is 4.86. The van der Waals surface area contributed by atoms with Gasteiger partial charge in [0.25, 0.3) is 0 Å². The lowest BCUT2D eigenvalue weighted by molar-refractivity contribution is 0.567. The van der Waals surface area contributed by atoms with E-state index in [0.29, 0.717) is 5.76 Å². The highest BCUT2D eigenvalue weighted by atomic mass is 32.2. The Hall–Kier alpha value is -2.08. The first-order valence-corrected chi connectivity index (χ1v) is 7.96. The van der Waals surface area contributed by atoms with Crippen molar-refractivity contribution in [2.45, 2.75) is 30.8 Å². The molecule has 0 saturated heterocycles. The Morgan fingerprint density at radius 2 is 2.00 bits per heavy atom. The van der Waals surface area contributed by atoms with E-state index in [0.717, 1.165) is 23.1 Å². The largest absolute Gasteiger partial charge is 0.461 e. The highest BCUT2D eigenvalue weighted by Gasteiger charge is 2.18. The van der Waals surface area contributed by atoms with Crippen LogP contribution in [0.4, 0.5) is 4.39 Å². The number of halogens is 1. The van der Waals surface area contributed by atoms with Gasteiger partial charge in [-0.1, -0.05) is 23.9 Å². The minimum Gasteiger partial charge on any atom is -0.461 e. The van der Waals surface area contributed by atoms with E-state index < -0.39 is 0 Å². The van der Waals surface area contributed by atoms with Crippen molar-refractivity contribution in [3.05, 3.63) is 54.0 Å². The minimum atomic E-state index is -0.224. The van der Waals surface area contributed by atoms with Crippen LogP contribution in [0.5, 0.6) is 0 Å². The van der Waals surface area contributed by atoms with E-state index >= 15 is 0 Å². The lowest BCUT2D eigenvalue weighted by atomic mass is 10.2. The van der Waals surface area contributed by atoms with Gasteiger partial charge >= 0.3 is 0 Å². The van der Waals surface area contributed by atoms with Crippen LogP contribution in [0, 0.1) is 5.82 Å². The summed E-state index contributed by atoms with van der Waals surface area (Å²) in [6.07, 6.45) is 1.62. The predicted molar refractivity (Wildman–Crippen MR) is 84.1 cm³/mol. The normalized spacial score (nSPS) is 12.5. The number of nitrogens with zero attached hydrogens (tertiary/aromatic N) is 3. The fourth-order valence-electron chi connectivity index (χ4n) is 2.21. The molecule has 2 heterocycles. The summed E-state index contributed by atoms with van der Waals surface area (Å²) < 4.78 is 20.4. The van der Waals surface area contributed by atoms with Crippen LogP contribution in [0.3, 0.4) is 0 Å². The molecule has 114 valence electrons. The maximum Gasteiger partial charge on any atom is 0.200 e. The second kappa shape index (κ2) is 6.36. The molecule has 0 saturated carbocycles. The minimum absolute atomic E-state index is 0.152.